The number of hydrogen-bond donors (Lipinski definition) is 1. The maximum Gasteiger partial charge on any atom is 0.407 e. The fraction of sp³-hybridized carbons (Fsp3) is 0.562. The van der Waals surface area contributed by atoms with Gasteiger partial charge in [0.25, 0.3) is 0 Å². The molecule has 0 radical (unpaired) electrons. The standard InChI is InChI=1S/C16H24N2O2/c1-2-10-18-11-8-15(9-12-18)17-16(19)20-13-14-6-4-3-5-7-14/h3-7,15H,2,8-13H2,1H3,(H,17,19). The number of rotatable bonds is 5. The lowest BCUT2D eigenvalue weighted by Gasteiger charge is -2.31. The van der Waals surface area contributed by atoms with Crippen LogP contribution in [0.15, 0.2) is 30.3 Å². The topological polar surface area (TPSA) is 41.6 Å². The molecule has 2 rings (SSSR count). The van der Waals surface area contributed by atoms with Gasteiger partial charge >= 0.3 is 6.09 Å². The summed E-state index contributed by atoms with van der Waals surface area (Å²) in [5, 5.41) is 2.96. The van der Waals surface area contributed by atoms with E-state index in [2.05, 4.69) is 17.1 Å². The van der Waals surface area contributed by atoms with Gasteiger partial charge in [-0.2, -0.15) is 0 Å². The molecule has 4 nitrogen and oxygen atoms in total. The average Bonchev–Trinajstić information content (AvgIpc) is 2.49. The first-order valence-corrected chi connectivity index (χ1v) is 7.47. The van der Waals surface area contributed by atoms with Crippen molar-refractivity contribution in [1.82, 2.24) is 10.2 Å². The quantitative estimate of drug-likeness (QED) is 0.899. The molecule has 0 bridgehead atoms. The summed E-state index contributed by atoms with van der Waals surface area (Å²) in [4.78, 5) is 14.2. The molecule has 1 fully saturated rings. The van der Waals surface area contributed by atoms with Crippen molar-refractivity contribution in [2.45, 2.75) is 38.8 Å². The molecule has 4 heteroatoms. The monoisotopic (exact) mass is 276 g/mol. The maximum atomic E-state index is 11.7. The van der Waals surface area contributed by atoms with Gasteiger partial charge in [0, 0.05) is 19.1 Å². The van der Waals surface area contributed by atoms with Crippen molar-refractivity contribution in [2.24, 2.45) is 0 Å². The summed E-state index contributed by atoms with van der Waals surface area (Å²) < 4.78 is 5.24. The molecule has 1 amide bonds. The lowest BCUT2D eigenvalue weighted by atomic mass is 10.1. The molecule has 1 aromatic rings. The van der Waals surface area contributed by atoms with Crippen LogP contribution in [0.3, 0.4) is 0 Å². The summed E-state index contributed by atoms with van der Waals surface area (Å²) in [5.41, 5.74) is 1.01. The third kappa shape index (κ3) is 4.85. The van der Waals surface area contributed by atoms with Crippen molar-refractivity contribution in [2.75, 3.05) is 19.6 Å². The van der Waals surface area contributed by atoms with Gasteiger partial charge in [-0.25, -0.2) is 4.79 Å². The number of carbonyl (C=O) groups excluding carboxylic acids is 1. The van der Waals surface area contributed by atoms with Crippen molar-refractivity contribution in [1.29, 1.82) is 0 Å². The Morgan fingerprint density at radius 3 is 2.65 bits per heavy atom. The number of nitrogens with one attached hydrogen (secondary N) is 1. The molecule has 0 aliphatic carbocycles. The number of carbonyl (C=O) groups is 1. The molecule has 0 spiro atoms. The Balaban J connectivity index is 1.65. The van der Waals surface area contributed by atoms with Crippen LogP contribution in [0.25, 0.3) is 0 Å². The Morgan fingerprint density at radius 1 is 1.30 bits per heavy atom. The van der Waals surface area contributed by atoms with E-state index in [0.29, 0.717) is 6.61 Å². The Bertz CT molecular complexity index is 400. The molecule has 1 heterocycles. The van der Waals surface area contributed by atoms with Gasteiger partial charge in [-0.15, -0.1) is 0 Å². The zero-order valence-corrected chi connectivity index (χ0v) is 12.2. The van der Waals surface area contributed by atoms with Crippen LogP contribution >= 0.6 is 0 Å². The molecule has 1 aliphatic heterocycles. The summed E-state index contributed by atoms with van der Waals surface area (Å²) in [6, 6.07) is 10.0. The fourth-order valence-electron chi connectivity index (χ4n) is 2.55. The highest BCUT2D eigenvalue weighted by Crippen LogP contribution is 2.11. The minimum absolute atomic E-state index is 0.256. The average molecular weight is 276 g/mol. The number of alkyl carbamates (subject to hydrolysis) is 1. The van der Waals surface area contributed by atoms with E-state index in [4.69, 9.17) is 4.74 Å². The van der Waals surface area contributed by atoms with Gasteiger partial charge < -0.3 is 15.0 Å². The predicted molar refractivity (Wildman–Crippen MR) is 79.5 cm³/mol. The molecular formula is C16H24N2O2. The van der Waals surface area contributed by atoms with E-state index >= 15 is 0 Å². The van der Waals surface area contributed by atoms with Crippen molar-refractivity contribution < 1.29 is 9.53 Å². The summed E-state index contributed by atoms with van der Waals surface area (Å²) in [7, 11) is 0. The minimum atomic E-state index is -0.303. The SMILES string of the molecule is CCCN1CCC(NC(=O)OCc2ccccc2)CC1. The van der Waals surface area contributed by atoms with Crippen LogP contribution in [0.1, 0.15) is 31.7 Å². The third-order valence-electron chi connectivity index (χ3n) is 3.66. The molecule has 110 valence electrons. The lowest BCUT2D eigenvalue weighted by Crippen LogP contribution is -2.44. The number of piperidine rings is 1. The zero-order chi connectivity index (χ0) is 14.2. The highest BCUT2D eigenvalue weighted by atomic mass is 16.5. The number of benzene rings is 1. The molecule has 1 saturated heterocycles. The van der Waals surface area contributed by atoms with Gasteiger partial charge in [-0.05, 0) is 31.4 Å². The molecule has 0 atom stereocenters. The van der Waals surface area contributed by atoms with E-state index in [1.165, 1.54) is 6.42 Å². The van der Waals surface area contributed by atoms with E-state index in [0.717, 1.165) is 38.0 Å². The molecule has 1 aromatic carbocycles. The van der Waals surface area contributed by atoms with Gasteiger partial charge in [-0.3, -0.25) is 0 Å². The Morgan fingerprint density at radius 2 is 2.00 bits per heavy atom. The summed E-state index contributed by atoms with van der Waals surface area (Å²) >= 11 is 0. The lowest BCUT2D eigenvalue weighted by molar-refractivity contribution is 0.126. The van der Waals surface area contributed by atoms with E-state index in [9.17, 15) is 4.79 Å². The van der Waals surface area contributed by atoms with Crippen molar-refractivity contribution in [3.05, 3.63) is 35.9 Å². The van der Waals surface area contributed by atoms with Gasteiger partial charge in [0.1, 0.15) is 6.61 Å². The minimum Gasteiger partial charge on any atom is -0.445 e. The Kier molecular flexibility index (Phi) is 5.87. The summed E-state index contributed by atoms with van der Waals surface area (Å²) in [6.45, 7) is 5.83. The maximum absolute atomic E-state index is 11.7. The summed E-state index contributed by atoms with van der Waals surface area (Å²) in [5.74, 6) is 0. The molecule has 1 N–H and O–H groups in total. The largest absolute Gasteiger partial charge is 0.445 e. The molecule has 0 saturated carbocycles. The van der Waals surface area contributed by atoms with Crippen molar-refractivity contribution >= 4 is 6.09 Å². The second-order valence-corrected chi connectivity index (χ2v) is 5.32. The smallest absolute Gasteiger partial charge is 0.407 e. The van der Waals surface area contributed by atoms with Gasteiger partial charge in [-0.1, -0.05) is 37.3 Å². The van der Waals surface area contributed by atoms with Crippen LogP contribution in [0.4, 0.5) is 4.79 Å². The zero-order valence-electron chi connectivity index (χ0n) is 12.2. The number of ether oxygens (including phenoxy) is 1. The number of likely N-dealkylation sites (tertiary alicyclic amines) is 1. The number of nitrogens with zero attached hydrogens (tertiary/aromatic N) is 1. The molecule has 20 heavy (non-hydrogen) atoms. The normalized spacial score (nSPS) is 16.9. The van der Waals surface area contributed by atoms with Crippen molar-refractivity contribution in [3.8, 4) is 0 Å². The van der Waals surface area contributed by atoms with Crippen LogP contribution < -0.4 is 5.32 Å². The highest BCUT2D eigenvalue weighted by Gasteiger charge is 2.20. The van der Waals surface area contributed by atoms with E-state index < -0.39 is 0 Å². The Labute approximate surface area is 121 Å². The van der Waals surface area contributed by atoms with E-state index in [1.807, 2.05) is 30.3 Å². The number of hydrogen-bond acceptors (Lipinski definition) is 3. The van der Waals surface area contributed by atoms with E-state index in [1.54, 1.807) is 0 Å². The molecule has 0 aromatic heterocycles. The molecule has 0 unspecified atom stereocenters. The first kappa shape index (κ1) is 14.9. The van der Waals surface area contributed by atoms with E-state index in [-0.39, 0.29) is 12.1 Å². The molecular weight excluding hydrogens is 252 g/mol. The van der Waals surface area contributed by atoms with Crippen molar-refractivity contribution in [3.63, 3.8) is 0 Å². The van der Waals surface area contributed by atoms with Gasteiger partial charge in [0.15, 0.2) is 0 Å². The number of amides is 1. The predicted octanol–water partition coefficient (Wildman–Crippen LogP) is 2.79. The fourth-order valence-corrected chi connectivity index (χ4v) is 2.55. The first-order valence-electron chi connectivity index (χ1n) is 7.47. The van der Waals surface area contributed by atoms with Gasteiger partial charge in [0.2, 0.25) is 0 Å². The Hall–Kier alpha value is -1.55. The van der Waals surface area contributed by atoms with Crippen LogP contribution in [0, 0.1) is 0 Å². The second kappa shape index (κ2) is 7.90. The highest BCUT2D eigenvalue weighted by molar-refractivity contribution is 5.67. The molecule has 1 aliphatic rings. The third-order valence-corrected chi connectivity index (χ3v) is 3.66. The van der Waals surface area contributed by atoms with Crippen LogP contribution in [0.2, 0.25) is 0 Å². The summed E-state index contributed by atoms with van der Waals surface area (Å²) in [6.07, 6.45) is 2.92. The van der Waals surface area contributed by atoms with Crippen LogP contribution in [-0.2, 0) is 11.3 Å². The van der Waals surface area contributed by atoms with Crippen LogP contribution in [-0.4, -0.2) is 36.7 Å². The van der Waals surface area contributed by atoms with Gasteiger partial charge in [0.05, 0.1) is 0 Å². The first-order chi connectivity index (χ1) is 9.78. The van der Waals surface area contributed by atoms with Crippen LogP contribution in [0.5, 0.6) is 0 Å². The second-order valence-electron chi connectivity index (χ2n) is 5.32.